The largest absolute Gasteiger partial charge is 0.484 e. The van der Waals surface area contributed by atoms with Crippen LogP contribution in [0.1, 0.15) is 13.8 Å². The summed E-state index contributed by atoms with van der Waals surface area (Å²) in [5.74, 6) is -1.59. The first-order valence-corrected chi connectivity index (χ1v) is 10.2. The van der Waals surface area contributed by atoms with E-state index in [9.17, 15) is 23.9 Å². The van der Waals surface area contributed by atoms with E-state index in [0.717, 1.165) is 0 Å². The molecule has 1 aromatic rings. The Morgan fingerprint density at radius 1 is 1.36 bits per heavy atom. The summed E-state index contributed by atoms with van der Waals surface area (Å²) in [4.78, 5) is 44.7. The van der Waals surface area contributed by atoms with Crippen LogP contribution < -0.4 is 10.1 Å². The van der Waals surface area contributed by atoms with Gasteiger partial charge in [-0.3, -0.25) is 14.2 Å². The minimum atomic E-state index is -4.48. The number of hydrogen-bond donors (Lipinski definition) is 3. The Balaban J connectivity index is 1.62. The summed E-state index contributed by atoms with van der Waals surface area (Å²) in [5, 5.41) is 2.10. The summed E-state index contributed by atoms with van der Waals surface area (Å²) in [6.07, 6.45) is 0. The lowest BCUT2D eigenvalue weighted by molar-refractivity contribution is -0.149. The molecule has 0 aliphatic carbocycles. The molecule has 2 heterocycles. The highest BCUT2D eigenvalue weighted by Gasteiger charge is 2.66. The first kappa shape index (κ1) is 18.3. The van der Waals surface area contributed by atoms with E-state index in [4.69, 9.17) is 4.74 Å². The second kappa shape index (κ2) is 6.32. The molecular weight excluding hydrogens is 367 g/mol. The average Bonchev–Trinajstić information content (AvgIpc) is 2.80. The number of nitrogens with one attached hydrogen (secondary N) is 1. The third-order valence-corrected chi connectivity index (χ3v) is 7.42. The molecule has 1 aromatic carbocycles. The first-order valence-electron chi connectivity index (χ1n) is 7.64. The summed E-state index contributed by atoms with van der Waals surface area (Å²) in [6.45, 7) is 3.13. The first-order chi connectivity index (χ1) is 11.6. The fraction of sp³-hybridized carbons (Fsp3) is 0.467. The number of fused-ring (bicyclic) bond motifs is 1. The summed E-state index contributed by atoms with van der Waals surface area (Å²) < 4.78 is 16.3. The molecule has 3 rings (SSSR count). The Bertz CT molecular complexity index is 737. The monoisotopic (exact) mass is 386 g/mol. The minimum Gasteiger partial charge on any atom is -0.484 e. The quantitative estimate of drug-likeness (QED) is 0.505. The SMILES string of the molecule is CC1(C)SC2C(NC(=O)COc3ccccc3)C(=O)N2C1P(=O)(O)O. The number of ether oxygens (including phenoxy) is 1. The fourth-order valence-corrected chi connectivity index (χ4v) is 6.75. The van der Waals surface area contributed by atoms with Crippen molar-refractivity contribution in [2.45, 2.75) is 35.8 Å². The number of hydrogen-bond acceptors (Lipinski definition) is 5. The molecule has 0 bridgehead atoms. The van der Waals surface area contributed by atoms with Crippen molar-refractivity contribution in [2.75, 3.05) is 6.61 Å². The second-order valence-corrected chi connectivity index (χ2v) is 9.91. The third-order valence-electron chi connectivity index (χ3n) is 4.14. The van der Waals surface area contributed by atoms with Crippen molar-refractivity contribution in [3.05, 3.63) is 30.3 Å². The van der Waals surface area contributed by atoms with E-state index in [1.807, 2.05) is 6.07 Å². The molecule has 0 aromatic heterocycles. The fourth-order valence-electron chi connectivity index (χ4n) is 3.16. The van der Waals surface area contributed by atoms with Crippen molar-refractivity contribution in [1.82, 2.24) is 10.2 Å². The van der Waals surface area contributed by atoms with E-state index >= 15 is 0 Å². The van der Waals surface area contributed by atoms with Gasteiger partial charge in [0.25, 0.3) is 5.91 Å². The van der Waals surface area contributed by atoms with Crippen LogP contribution in [0.5, 0.6) is 5.75 Å². The molecule has 2 fully saturated rings. The van der Waals surface area contributed by atoms with Gasteiger partial charge in [0, 0.05) is 4.75 Å². The van der Waals surface area contributed by atoms with Gasteiger partial charge < -0.3 is 24.7 Å². The third kappa shape index (κ3) is 3.42. The Hall–Kier alpha value is -1.54. The van der Waals surface area contributed by atoms with Crippen LogP contribution in [0, 0.1) is 0 Å². The predicted octanol–water partition coefficient (Wildman–Crippen LogP) is 0.748. The van der Waals surface area contributed by atoms with Crippen molar-refractivity contribution in [3.8, 4) is 5.75 Å². The predicted molar refractivity (Wildman–Crippen MR) is 92.0 cm³/mol. The van der Waals surface area contributed by atoms with E-state index in [-0.39, 0.29) is 6.61 Å². The molecule has 0 spiro atoms. The van der Waals surface area contributed by atoms with Gasteiger partial charge >= 0.3 is 7.60 Å². The van der Waals surface area contributed by atoms with Gasteiger partial charge in [0.15, 0.2) is 6.61 Å². The molecule has 8 nitrogen and oxygen atoms in total. The van der Waals surface area contributed by atoms with Crippen LogP contribution in [-0.4, -0.2) is 55.1 Å². The Morgan fingerprint density at radius 3 is 2.60 bits per heavy atom. The summed E-state index contributed by atoms with van der Waals surface area (Å²) in [5.41, 5.74) is 0. The van der Waals surface area contributed by atoms with Gasteiger partial charge in [0.1, 0.15) is 22.9 Å². The van der Waals surface area contributed by atoms with Gasteiger partial charge in [-0.2, -0.15) is 0 Å². The van der Waals surface area contributed by atoms with Crippen LogP contribution in [0.3, 0.4) is 0 Å². The maximum Gasteiger partial charge on any atom is 0.349 e. The summed E-state index contributed by atoms with van der Waals surface area (Å²) >= 11 is 1.28. The number of rotatable bonds is 5. The van der Waals surface area contributed by atoms with Crippen LogP contribution in [0.25, 0.3) is 0 Å². The number of para-hydroxylation sites is 1. The molecule has 2 amide bonds. The van der Waals surface area contributed by atoms with E-state index in [1.54, 1.807) is 38.1 Å². The Morgan fingerprint density at radius 2 is 2.00 bits per heavy atom. The number of thioether (sulfide) groups is 1. The van der Waals surface area contributed by atoms with Crippen LogP contribution in [0.2, 0.25) is 0 Å². The topological polar surface area (TPSA) is 116 Å². The molecule has 3 unspecified atom stereocenters. The number of nitrogens with zero attached hydrogens (tertiary/aromatic N) is 1. The van der Waals surface area contributed by atoms with Crippen molar-refractivity contribution in [3.63, 3.8) is 0 Å². The molecule has 10 heteroatoms. The van der Waals surface area contributed by atoms with Crippen molar-refractivity contribution in [1.29, 1.82) is 0 Å². The number of amides is 2. The smallest absolute Gasteiger partial charge is 0.349 e. The molecule has 25 heavy (non-hydrogen) atoms. The number of carbonyl (C=O) groups is 2. The molecule has 2 aliphatic rings. The lowest BCUT2D eigenvalue weighted by atomic mass is 10.0. The molecule has 136 valence electrons. The molecule has 2 aliphatic heterocycles. The van der Waals surface area contributed by atoms with Gasteiger partial charge in [-0.05, 0) is 26.0 Å². The van der Waals surface area contributed by atoms with Crippen LogP contribution in [0.15, 0.2) is 30.3 Å². The van der Waals surface area contributed by atoms with E-state index in [1.165, 1.54) is 16.7 Å². The van der Waals surface area contributed by atoms with Gasteiger partial charge in [-0.1, -0.05) is 18.2 Å². The molecule has 0 radical (unpaired) electrons. The molecule has 3 N–H and O–H groups in total. The van der Waals surface area contributed by atoms with Gasteiger partial charge in [-0.15, -0.1) is 11.8 Å². The zero-order valence-corrected chi connectivity index (χ0v) is 15.4. The van der Waals surface area contributed by atoms with E-state index in [2.05, 4.69) is 5.32 Å². The second-order valence-electron chi connectivity index (χ2n) is 6.47. The number of carbonyl (C=O) groups excluding carboxylic acids is 2. The Labute approximate surface area is 149 Å². The lowest BCUT2D eigenvalue weighted by Crippen LogP contribution is -2.69. The van der Waals surface area contributed by atoms with Crippen LogP contribution in [-0.2, 0) is 14.2 Å². The normalized spacial score (nSPS) is 27.4. The highest BCUT2D eigenvalue weighted by molar-refractivity contribution is 8.02. The average molecular weight is 386 g/mol. The summed E-state index contributed by atoms with van der Waals surface area (Å²) in [6, 6.07) is 8.01. The standard InChI is InChI=1S/C15H19N2O6PS/c1-15(2)14(24(20,21)22)17-12(19)11(13(17)25-15)16-10(18)8-23-9-6-4-3-5-7-9/h3-7,11,13-14H,8H2,1-2H3,(H,16,18)(H2,20,21,22). The maximum atomic E-state index is 12.3. The molecule has 0 saturated carbocycles. The maximum absolute atomic E-state index is 12.3. The van der Waals surface area contributed by atoms with Crippen LogP contribution in [0.4, 0.5) is 0 Å². The molecule has 3 atom stereocenters. The van der Waals surface area contributed by atoms with E-state index in [0.29, 0.717) is 5.75 Å². The minimum absolute atomic E-state index is 0.240. The molecule has 2 saturated heterocycles. The lowest BCUT2D eigenvalue weighted by Gasteiger charge is -2.44. The van der Waals surface area contributed by atoms with Gasteiger partial charge in [0.05, 0.1) is 0 Å². The van der Waals surface area contributed by atoms with Crippen molar-refractivity contribution in [2.24, 2.45) is 0 Å². The highest BCUT2D eigenvalue weighted by Crippen LogP contribution is 2.62. The number of β-lactam (4-membered cyclic amide) rings is 1. The zero-order valence-electron chi connectivity index (χ0n) is 13.7. The Kier molecular flexibility index (Phi) is 4.61. The van der Waals surface area contributed by atoms with Gasteiger partial charge in [-0.25, -0.2) is 0 Å². The highest BCUT2D eigenvalue weighted by atomic mass is 32.2. The summed E-state index contributed by atoms with van der Waals surface area (Å²) in [7, 11) is -4.48. The van der Waals surface area contributed by atoms with Crippen molar-refractivity contribution >= 4 is 31.2 Å². The van der Waals surface area contributed by atoms with E-state index < -0.39 is 41.4 Å². The van der Waals surface area contributed by atoms with Crippen LogP contribution >= 0.6 is 19.4 Å². The molecular formula is C15H19N2O6PS. The zero-order chi connectivity index (χ0) is 18.4. The van der Waals surface area contributed by atoms with Crippen molar-refractivity contribution < 1.29 is 28.7 Å². The van der Waals surface area contributed by atoms with Gasteiger partial charge in [0.2, 0.25) is 5.91 Å². The number of benzene rings is 1.